The zero-order valence-electron chi connectivity index (χ0n) is 8.94. The SMILES string of the molecule is Cc1ccc(CNc2ccnc(Cl)c2)nc1. The molecule has 0 amide bonds. The number of rotatable bonds is 3. The molecule has 2 rings (SSSR count). The summed E-state index contributed by atoms with van der Waals surface area (Å²) in [5.74, 6) is 0. The third kappa shape index (κ3) is 2.94. The minimum Gasteiger partial charge on any atom is -0.379 e. The lowest BCUT2D eigenvalue weighted by Gasteiger charge is -2.05. The van der Waals surface area contributed by atoms with E-state index < -0.39 is 0 Å². The molecule has 2 aromatic rings. The normalized spacial score (nSPS) is 10.1. The Hall–Kier alpha value is -1.61. The van der Waals surface area contributed by atoms with Crippen molar-refractivity contribution in [3.05, 3.63) is 53.1 Å². The topological polar surface area (TPSA) is 37.8 Å². The summed E-state index contributed by atoms with van der Waals surface area (Å²) in [6, 6.07) is 7.71. The number of aromatic nitrogens is 2. The van der Waals surface area contributed by atoms with Gasteiger partial charge in [-0.05, 0) is 30.7 Å². The number of anilines is 1. The van der Waals surface area contributed by atoms with Gasteiger partial charge in [-0.15, -0.1) is 0 Å². The van der Waals surface area contributed by atoms with E-state index in [1.165, 1.54) is 0 Å². The van der Waals surface area contributed by atoms with Crippen molar-refractivity contribution in [1.29, 1.82) is 0 Å². The van der Waals surface area contributed by atoms with Crippen LogP contribution in [0.5, 0.6) is 0 Å². The van der Waals surface area contributed by atoms with E-state index in [0.29, 0.717) is 11.7 Å². The van der Waals surface area contributed by atoms with Crippen LogP contribution in [0.4, 0.5) is 5.69 Å². The lowest BCUT2D eigenvalue weighted by molar-refractivity contribution is 1.03. The Kier molecular flexibility index (Phi) is 3.37. The van der Waals surface area contributed by atoms with Crippen molar-refractivity contribution < 1.29 is 0 Å². The molecule has 2 heterocycles. The first-order valence-electron chi connectivity index (χ1n) is 5.01. The molecule has 0 aliphatic heterocycles. The van der Waals surface area contributed by atoms with Gasteiger partial charge in [0.15, 0.2) is 0 Å². The number of aryl methyl sites for hydroxylation is 1. The van der Waals surface area contributed by atoms with Gasteiger partial charge in [-0.25, -0.2) is 4.98 Å². The lowest BCUT2D eigenvalue weighted by atomic mass is 10.2. The number of hydrogen-bond donors (Lipinski definition) is 1. The molecule has 0 aromatic carbocycles. The first kappa shape index (κ1) is 10.9. The fraction of sp³-hybridized carbons (Fsp3) is 0.167. The molecule has 0 radical (unpaired) electrons. The maximum absolute atomic E-state index is 5.78. The highest BCUT2D eigenvalue weighted by molar-refractivity contribution is 6.29. The molecule has 3 nitrogen and oxygen atoms in total. The largest absolute Gasteiger partial charge is 0.379 e. The minimum absolute atomic E-state index is 0.488. The van der Waals surface area contributed by atoms with Crippen LogP contribution in [-0.4, -0.2) is 9.97 Å². The van der Waals surface area contributed by atoms with Gasteiger partial charge < -0.3 is 5.32 Å². The van der Waals surface area contributed by atoms with E-state index in [2.05, 4.69) is 15.3 Å². The fourth-order valence-corrected chi connectivity index (χ4v) is 1.48. The molecule has 0 saturated heterocycles. The van der Waals surface area contributed by atoms with Gasteiger partial charge in [0.1, 0.15) is 5.15 Å². The predicted octanol–water partition coefficient (Wildman–Crippen LogP) is 3.05. The van der Waals surface area contributed by atoms with Gasteiger partial charge in [-0.2, -0.15) is 0 Å². The number of nitrogens with zero attached hydrogens (tertiary/aromatic N) is 2. The van der Waals surface area contributed by atoms with Crippen LogP contribution in [0.1, 0.15) is 11.3 Å². The third-order valence-corrected chi connectivity index (χ3v) is 2.38. The Morgan fingerprint density at radius 3 is 2.81 bits per heavy atom. The van der Waals surface area contributed by atoms with Crippen molar-refractivity contribution >= 4 is 17.3 Å². The van der Waals surface area contributed by atoms with E-state index in [0.717, 1.165) is 16.9 Å². The van der Waals surface area contributed by atoms with Crippen LogP contribution < -0.4 is 5.32 Å². The fourth-order valence-electron chi connectivity index (χ4n) is 1.31. The Labute approximate surface area is 99.5 Å². The molecule has 0 saturated carbocycles. The highest BCUT2D eigenvalue weighted by atomic mass is 35.5. The van der Waals surface area contributed by atoms with E-state index in [1.54, 1.807) is 12.3 Å². The van der Waals surface area contributed by atoms with Crippen LogP contribution in [0.3, 0.4) is 0 Å². The molecule has 4 heteroatoms. The lowest BCUT2D eigenvalue weighted by Crippen LogP contribution is -2.01. The zero-order chi connectivity index (χ0) is 11.4. The second-order valence-corrected chi connectivity index (χ2v) is 3.93. The average Bonchev–Trinajstić information content (AvgIpc) is 2.28. The Bertz CT molecular complexity index is 468. The number of nitrogens with one attached hydrogen (secondary N) is 1. The summed E-state index contributed by atoms with van der Waals surface area (Å²) in [4.78, 5) is 8.22. The Morgan fingerprint density at radius 2 is 2.12 bits per heavy atom. The van der Waals surface area contributed by atoms with Crippen molar-refractivity contribution in [3.63, 3.8) is 0 Å². The average molecular weight is 234 g/mol. The summed E-state index contributed by atoms with van der Waals surface area (Å²) in [7, 11) is 0. The number of halogens is 1. The minimum atomic E-state index is 0.488. The van der Waals surface area contributed by atoms with Gasteiger partial charge in [-0.1, -0.05) is 17.7 Å². The van der Waals surface area contributed by atoms with Crippen molar-refractivity contribution in [3.8, 4) is 0 Å². The molecule has 0 atom stereocenters. The summed E-state index contributed by atoms with van der Waals surface area (Å²) in [5.41, 5.74) is 3.11. The van der Waals surface area contributed by atoms with E-state index >= 15 is 0 Å². The van der Waals surface area contributed by atoms with Crippen LogP contribution >= 0.6 is 11.6 Å². The van der Waals surface area contributed by atoms with E-state index in [4.69, 9.17) is 11.6 Å². The predicted molar refractivity (Wildman–Crippen MR) is 65.5 cm³/mol. The molecular formula is C12H12ClN3. The van der Waals surface area contributed by atoms with Gasteiger partial charge in [0, 0.05) is 18.1 Å². The van der Waals surface area contributed by atoms with Gasteiger partial charge >= 0.3 is 0 Å². The van der Waals surface area contributed by atoms with Crippen molar-refractivity contribution in [2.45, 2.75) is 13.5 Å². The quantitative estimate of drug-likeness (QED) is 0.828. The summed E-state index contributed by atoms with van der Waals surface area (Å²) >= 11 is 5.78. The maximum Gasteiger partial charge on any atom is 0.131 e. The highest BCUT2D eigenvalue weighted by Gasteiger charge is 1.96. The molecule has 1 N–H and O–H groups in total. The second-order valence-electron chi connectivity index (χ2n) is 3.55. The molecule has 0 bridgehead atoms. The van der Waals surface area contributed by atoms with Crippen LogP contribution in [-0.2, 0) is 6.54 Å². The zero-order valence-corrected chi connectivity index (χ0v) is 9.70. The van der Waals surface area contributed by atoms with Gasteiger partial charge in [0.2, 0.25) is 0 Å². The van der Waals surface area contributed by atoms with Crippen LogP contribution in [0, 0.1) is 6.92 Å². The van der Waals surface area contributed by atoms with E-state index in [-0.39, 0.29) is 0 Å². The molecule has 2 aromatic heterocycles. The molecule has 0 unspecified atom stereocenters. The van der Waals surface area contributed by atoms with E-state index in [1.807, 2.05) is 31.3 Å². The number of pyridine rings is 2. The second kappa shape index (κ2) is 4.94. The molecule has 0 fully saturated rings. The van der Waals surface area contributed by atoms with Gasteiger partial charge in [0.25, 0.3) is 0 Å². The standard InChI is InChI=1S/C12H12ClN3/c1-9-2-3-11(15-7-9)8-16-10-4-5-14-12(13)6-10/h2-7H,8H2,1H3,(H,14,16). The summed E-state index contributed by atoms with van der Waals surface area (Å²) in [6.07, 6.45) is 3.53. The molecule has 0 aliphatic rings. The van der Waals surface area contributed by atoms with Crippen LogP contribution in [0.25, 0.3) is 0 Å². The van der Waals surface area contributed by atoms with Crippen molar-refractivity contribution in [1.82, 2.24) is 9.97 Å². The third-order valence-electron chi connectivity index (χ3n) is 2.17. The van der Waals surface area contributed by atoms with Gasteiger partial charge in [-0.3, -0.25) is 4.98 Å². The molecular weight excluding hydrogens is 222 g/mol. The molecule has 0 aliphatic carbocycles. The first-order chi connectivity index (χ1) is 7.74. The van der Waals surface area contributed by atoms with Gasteiger partial charge in [0.05, 0.1) is 12.2 Å². The molecule has 0 spiro atoms. The highest BCUT2D eigenvalue weighted by Crippen LogP contribution is 2.12. The van der Waals surface area contributed by atoms with E-state index in [9.17, 15) is 0 Å². The van der Waals surface area contributed by atoms with Crippen molar-refractivity contribution in [2.24, 2.45) is 0 Å². The monoisotopic (exact) mass is 233 g/mol. The van der Waals surface area contributed by atoms with Crippen LogP contribution in [0.2, 0.25) is 5.15 Å². The summed E-state index contributed by atoms with van der Waals surface area (Å²) in [6.45, 7) is 2.70. The maximum atomic E-state index is 5.78. The summed E-state index contributed by atoms with van der Waals surface area (Å²) < 4.78 is 0. The smallest absolute Gasteiger partial charge is 0.131 e. The molecule has 16 heavy (non-hydrogen) atoms. The molecule has 82 valence electrons. The first-order valence-corrected chi connectivity index (χ1v) is 5.39. The Balaban J connectivity index is 1.99. The summed E-state index contributed by atoms with van der Waals surface area (Å²) in [5, 5.41) is 3.72. The van der Waals surface area contributed by atoms with Crippen LogP contribution in [0.15, 0.2) is 36.7 Å². The number of hydrogen-bond acceptors (Lipinski definition) is 3. The Morgan fingerprint density at radius 1 is 1.25 bits per heavy atom. The van der Waals surface area contributed by atoms with Crippen molar-refractivity contribution in [2.75, 3.05) is 5.32 Å².